The summed E-state index contributed by atoms with van der Waals surface area (Å²) in [5.74, 6) is -0.948. The van der Waals surface area contributed by atoms with Crippen LogP contribution < -0.4 is 5.73 Å². The van der Waals surface area contributed by atoms with Crippen molar-refractivity contribution in [2.75, 3.05) is 13.1 Å². The zero-order valence-electron chi connectivity index (χ0n) is 8.92. The number of amides is 1. The monoisotopic (exact) mass is 320 g/mol. The summed E-state index contributed by atoms with van der Waals surface area (Å²) in [6.07, 6.45) is 0.752. The molecule has 2 rings (SSSR count). The second-order valence-corrected chi connectivity index (χ2v) is 5.31. The van der Waals surface area contributed by atoms with Crippen LogP contribution in [-0.2, 0) is 0 Å². The third-order valence-electron chi connectivity index (χ3n) is 2.75. The van der Waals surface area contributed by atoms with Crippen molar-refractivity contribution < 1.29 is 9.18 Å². The zero-order valence-corrected chi connectivity index (χ0v) is 11.3. The number of benzene rings is 1. The number of nitrogens with two attached hydrogens (primary N) is 1. The minimum absolute atomic E-state index is 0.0160. The average molecular weight is 322 g/mol. The van der Waals surface area contributed by atoms with Gasteiger partial charge in [0.25, 0.3) is 5.91 Å². The van der Waals surface area contributed by atoms with Crippen molar-refractivity contribution in [3.05, 3.63) is 33.0 Å². The number of hydrogen-bond acceptors (Lipinski definition) is 2. The minimum atomic E-state index is -0.608. The standard InChI is InChI=1S/C11H11BrClFN2O/c12-8-3-7(10(14)4-9(8)13)11(17)16-2-1-6(15)5-16/h3-4,6H,1-2,5,15H2. The van der Waals surface area contributed by atoms with E-state index < -0.39 is 5.82 Å². The Morgan fingerprint density at radius 2 is 2.29 bits per heavy atom. The first-order valence-corrected chi connectivity index (χ1v) is 6.35. The quantitative estimate of drug-likeness (QED) is 0.808. The molecule has 6 heteroatoms. The molecule has 1 unspecified atom stereocenters. The van der Waals surface area contributed by atoms with E-state index in [0.29, 0.717) is 17.6 Å². The number of carbonyl (C=O) groups excluding carboxylic acids is 1. The SMILES string of the molecule is NC1CCN(C(=O)c2cc(Br)c(Cl)cc2F)C1. The van der Waals surface area contributed by atoms with E-state index in [1.165, 1.54) is 6.07 Å². The van der Waals surface area contributed by atoms with Crippen molar-refractivity contribution in [1.29, 1.82) is 0 Å². The van der Waals surface area contributed by atoms with Crippen LogP contribution in [0.1, 0.15) is 16.8 Å². The molecule has 1 aromatic rings. The highest BCUT2D eigenvalue weighted by Crippen LogP contribution is 2.27. The fourth-order valence-corrected chi connectivity index (χ4v) is 2.32. The van der Waals surface area contributed by atoms with Gasteiger partial charge in [0.05, 0.1) is 10.6 Å². The van der Waals surface area contributed by atoms with Gasteiger partial charge in [0.1, 0.15) is 5.82 Å². The van der Waals surface area contributed by atoms with E-state index in [-0.39, 0.29) is 22.5 Å². The van der Waals surface area contributed by atoms with Gasteiger partial charge in [-0.15, -0.1) is 0 Å². The van der Waals surface area contributed by atoms with Crippen LogP contribution in [0.2, 0.25) is 5.02 Å². The van der Waals surface area contributed by atoms with E-state index in [2.05, 4.69) is 15.9 Å². The molecule has 1 amide bonds. The van der Waals surface area contributed by atoms with Crippen molar-refractivity contribution in [1.82, 2.24) is 4.90 Å². The van der Waals surface area contributed by atoms with E-state index in [4.69, 9.17) is 17.3 Å². The molecule has 92 valence electrons. The summed E-state index contributed by atoms with van der Waals surface area (Å²) in [6.45, 7) is 1.04. The molecule has 17 heavy (non-hydrogen) atoms. The molecule has 0 aromatic heterocycles. The molecule has 1 fully saturated rings. The third kappa shape index (κ3) is 2.61. The van der Waals surface area contributed by atoms with Crippen LogP contribution in [-0.4, -0.2) is 29.9 Å². The number of likely N-dealkylation sites (tertiary alicyclic amines) is 1. The predicted molar refractivity (Wildman–Crippen MR) is 67.6 cm³/mol. The Kier molecular flexibility index (Phi) is 3.70. The van der Waals surface area contributed by atoms with Gasteiger partial charge in [0, 0.05) is 23.6 Å². The summed E-state index contributed by atoms with van der Waals surface area (Å²) in [4.78, 5) is 13.6. The van der Waals surface area contributed by atoms with Gasteiger partial charge >= 0.3 is 0 Å². The molecule has 1 saturated heterocycles. The van der Waals surface area contributed by atoms with Crippen LogP contribution >= 0.6 is 27.5 Å². The largest absolute Gasteiger partial charge is 0.337 e. The van der Waals surface area contributed by atoms with Crippen molar-refractivity contribution in [2.24, 2.45) is 5.73 Å². The van der Waals surface area contributed by atoms with Crippen molar-refractivity contribution >= 4 is 33.4 Å². The summed E-state index contributed by atoms with van der Waals surface area (Å²) < 4.78 is 14.2. The highest BCUT2D eigenvalue weighted by molar-refractivity contribution is 9.10. The van der Waals surface area contributed by atoms with Gasteiger partial charge in [0.2, 0.25) is 0 Å². The van der Waals surface area contributed by atoms with Gasteiger partial charge < -0.3 is 10.6 Å². The highest BCUT2D eigenvalue weighted by Gasteiger charge is 2.26. The maximum absolute atomic E-state index is 13.6. The van der Waals surface area contributed by atoms with E-state index in [0.717, 1.165) is 12.5 Å². The number of halogens is 3. The zero-order chi connectivity index (χ0) is 12.6. The van der Waals surface area contributed by atoms with Crippen molar-refractivity contribution in [3.8, 4) is 0 Å². The second-order valence-electron chi connectivity index (χ2n) is 4.05. The Bertz CT molecular complexity index is 469. The highest BCUT2D eigenvalue weighted by atomic mass is 79.9. The van der Waals surface area contributed by atoms with Crippen LogP contribution in [0.15, 0.2) is 16.6 Å². The molecule has 1 aromatic carbocycles. The molecule has 1 aliphatic rings. The molecule has 0 saturated carbocycles. The van der Waals surface area contributed by atoms with Gasteiger partial charge in [0.15, 0.2) is 0 Å². The lowest BCUT2D eigenvalue weighted by Crippen LogP contribution is -2.32. The molecule has 0 radical (unpaired) electrons. The van der Waals surface area contributed by atoms with E-state index in [9.17, 15) is 9.18 Å². The molecule has 1 heterocycles. The summed E-state index contributed by atoms with van der Waals surface area (Å²) in [5, 5.41) is 0.247. The fraction of sp³-hybridized carbons (Fsp3) is 0.364. The Morgan fingerprint density at radius 1 is 1.59 bits per heavy atom. The lowest BCUT2D eigenvalue weighted by Gasteiger charge is -2.16. The molecular formula is C11H11BrClFN2O. The first-order chi connectivity index (χ1) is 7.99. The average Bonchev–Trinajstić information content (AvgIpc) is 2.69. The summed E-state index contributed by atoms with van der Waals surface area (Å²) in [7, 11) is 0. The van der Waals surface area contributed by atoms with Crippen LogP contribution in [0.4, 0.5) is 4.39 Å². The number of nitrogens with zero attached hydrogens (tertiary/aromatic N) is 1. The Morgan fingerprint density at radius 3 is 2.88 bits per heavy atom. The molecule has 2 N–H and O–H groups in total. The molecule has 1 atom stereocenters. The van der Waals surface area contributed by atoms with Gasteiger partial charge in [-0.1, -0.05) is 11.6 Å². The van der Waals surface area contributed by atoms with Gasteiger partial charge in [-0.3, -0.25) is 4.79 Å². The smallest absolute Gasteiger partial charge is 0.256 e. The molecule has 0 bridgehead atoms. The fourth-order valence-electron chi connectivity index (χ4n) is 1.83. The molecule has 0 spiro atoms. The molecular weight excluding hydrogens is 310 g/mol. The maximum Gasteiger partial charge on any atom is 0.256 e. The Balaban J connectivity index is 2.28. The van der Waals surface area contributed by atoms with Gasteiger partial charge in [-0.05, 0) is 34.5 Å². The summed E-state index contributed by atoms with van der Waals surface area (Å²) in [5.41, 5.74) is 5.74. The van der Waals surface area contributed by atoms with Crippen molar-refractivity contribution in [2.45, 2.75) is 12.5 Å². The van der Waals surface area contributed by atoms with E-state index in [1.54, 1.807) is 4.90 Å². The molecule has 1 aliphatic heterocycles. The first-order valence-electron chi connectivity index (χ1n) is 5.18. The normalized spacial score (nSPS) is 19.8. The second kappa shape index (κ2) is 4.92. The predicted octanol–water partition coefficient (Wildman–Crippen LogP) is 2.41. The van der Waals surface area contributed by atoms with Gasteiger partial charge in [-0.2, -0.15) is 0 Å². The van der Waals surface area contributed by atoms with E-state index >= 15 is 0 Å². The first kappa shape index (κ1) is 12.8. The number of hydrogen-bond donors (Lipinski definition) is 1. The summed E-state index contributed by atoms with van der Waals surface area (Å²) >= 11 is 8.92. The number of rotatable bonds is 1. The van der Waals surface area contributed by atoms with Crippen LogP contribution in [0.25, 0.3) is 0 Å². The van der Waals surface area contributed by atoms with Crippen LogP contribution in [0.3, 0.4) is 0 Å². The lowest BCUT2D eigenvalue weighted by molar-refractivity contribution is 0.0786. The maximum atomic E-state index is 13.6. The van der Waals surface area contributed by atoms with Crippen molar-refractivity contribution in [3.63, 3.8) is 0 Å². The third-order valence-corrected chi connectivity index (χ3v) is 3.95. The van der Waals surface area contributed by atoms with Crippen LogP contribution in [0, 0.1) is 5.82 Å². The topological polar surface area (TPSA) is 46.3 Å². The molecule has 3 nitrogen and oxygen atoms in total. The summed E-state index contributed by atoms with van der Waals surface area (Å²) in [6, 6.07) is 2.52. The number of carbonyl (C=O) groups is 1. The van der Waals surface area contributed by atoms with Crippen LogP contribution in [0.5, 0.6) is 0 Å². The molecule has 0 aliphatic carbocycles. The Hall–Kier alpha value is -0.650. The lowest BCUT2D eigenvalue weighted by atomic mass is 10.2. The minimum Gasteiger partial charge on any atom is -0.337 e. The van der Waals surface area contributed by atoms with Gasteiger partial charge in [-0.25, -0.2) is 4.39 Å². The van der Waals surface area contributed by atoms with E-state index in [1.807, 2.05) is 0 Å². The Labute approximate surface area is 112 Å².